The Kier molecular flexibility index (Phi) is 4.86. The van der Waals surface area contributed by atoms with E-state index in [1.54, 1.807) is 31.2 Å². The summed E-state index contributed by atoms with van der Waals surface area (Å²) in [5, 5.41) is 10.5. The van der Waals surface area contributed by atoms with E-state index in [0.717, 1.165) is 0 Å². The second kappa shape index (κ2) is 6.44. The average Bonchev–Trinajstić information content (AvgIpc) is 2.39. The van der Waals surface area contributed by atoms with Crippen LogP contribution in [0.15, 0.2) is 36.4 Å². The van der Waals surface area contributed by atoms with Gasteiger partial charge in [-0.15, -0.1) is 0 Å². The molecule has 2 aromatic carbocycles. The third-order valence-corrected chi connectivity index (χ3v) is 3.44. The van der Waals surface area contributed by atoms with Crippen molar-refractivity contribution in [3.05, 3.63) is 63.4 Å². The van der Waals surface area contributed by atoms with Crippen LogP contribution in [0, 0.1) is 5.82 Å². The minimum Gasteiger partial charge on any atom is -0.488 e. The Labute approximate surface area is 126 Å². The van der Waals surface area contributed by atoms with Crippen molar-refractivity contribution in [3.63, 3.8) is 0 Å². The van der Waals surface area contributed by atoms with Crippen molar-refractivity contribution in [3.8, 4) is 5.75 Å². The third kappa shape index (κ3) is 3.42. The number of rotatable bonds is 4. The molecule has 0 saturated heterocycles. The van der Waals surface area contributed by atoms with Crippen molar-refractivity contribution in [1.82, 2.24) is 0 Å². The van der Waals surface area contributed by atoms with Gasteiger partial charge in [0.15, 0.2) is 0 Å². The molecular weight excluding hydrogens is 302 g/mol. The zero-order chi connectivity index (χ0) is 14.7. The molecule has 1 atom stereocenters. The molecule has 1 N–H and O–H groups in total. The van der Waals surface area contributed by atoms with Crippen LogP contribution in [-0.2, 0) is 6.61 Å². The maximum Gasteiger partial charge on any atom is 0.131 e. The molecule has 0 amide bonds. The number of aliphatic hydroxyl groups is 1. The molecule has 0 heterocycles. The number of ether oxygens (including phenoxy) is 1. The second-order valence-corrected chi connectivity index (χ2v) is 5.19. The Hall–Kier alpha value is -1.29. The van der Waals surface area contributed by atoms with Crippen molar-refractivity contribution >= 4 is 23.2 Å². The van der Waals surface area contributed by atoms with Gasteiger partial charge in [-0.2, -0.15) is 0 Å². The quantitative estimate of drug-likeness (QED) is 0.881. The summed E-state index contributed by atoms with van der Waals surface area (Å²) in [6.07, 6.45) is -0.736. The predicted molar refractivity (Wildman–Crippen MR) is 77.8 cm³/mol. The van der Waals surface area contributed by atoms with Crippen LogP contribution in [0.25, 0.3) is 0 Å². The summed E-state index contributed by atoms with van der Waals surface area (Å²) in [7, 11) is 0. The van der Waals surface area contributed by atoms with Crippen LogP contribution in [0.1, 0.15) is 24.2 Å². The lowest BCUT2D eigenvalue weighted by molar-refractivity contribution is 0.190. The number of hydrogen-bond acceptors (Lipinski definition) is 2. The van der Waals surface area contributed by atoms with Crippen LogP contribution >= 0.6 is 23.2 Å². The fourth-order valence-corrected chi connectivity index (χ4v) is 2.20. The molecule has 0 radical (unpaired) electrons. The van der Waals surface area contributed by atoms with Gasteiger partial charge >= 0.3 is 0 Å². The van der Waals surface area contributed by atoms with Crippen molar-refractivity contribution < 1.29 is 14.2 Å². The van der Waals surface area contributed by atoms with Crippen molar-refractivity contribution in [1.29, 1.82) is 0 Å². The second-order valence-electron chi connectivity index (χ2n) is 4.35. The summed E-state index contributed by atoms with van der Waals surface area (Å²) >= 11 is 11.8. The Morgan fingerprint density at radius 3 is 2.65 bits per heavy atom. The molecule has 0 spiro atoms. The van der Waals surface area contributed by atoms with Gasteiger partial charge in [-0.05, 0) is 37.3 Å². The van der Waals surface area contributed by atoms with Gasteiger partial charge in [0.1, 0.15) is 18.2 Å². The molecule has 5 heteroatoms. The van der Waals surface area contributed by atoms with E-state index in [2.05, 4.69) is 0 Å². The lowest BCUT2D eigenvalue weighted by Gasteiger charge is -2.14. The Bertz CT molecular complexity index is 595. The minimum atomic E-state index is -0.736. The zero-order valence-electron chi connectivity index (χ0n) is 10.7. The highest BCUT2D eigenvalue weighted by molar-refractivity contribution is 6.31. The Morgan fingerprint density at radius 1 is 1.25 bits per heavy atom. The van der Waals surface area contributed by atoms with Crippen molar-refractivity contribution in [2.75, 3.05) is 0 Å². The normalized spacial score (nSPS) is 12.2. The van der Waals surface area contributed by atoms with E-state index in [4.69, 9.17) is 27.9 Å². The maximum absolute atomic E-state index is 13.6. The predicted octanol–water partition coefficient (Wildman–Crippen LogP) is 4.76. The van der Waals surface area contributed by atoms with Gasteiger partial charge < -0.3 is 9.84 Å². The summed E-state index contributed by atoms with van der Waals surface area (Å²) in [5.41, 5.74) is 0.825. The topological polar surface area (TPSA) is 29.5 Å². The van der Waals surface area contributed by atoms with Gasteiger partial charge in [0.05, 0.1) is 11.1 Å². The molecule has 0 unspecified atom stereocenters. The van der Waals surface area contributed by atoms with Gasteiger partial charge in [0.2, 0.25) is 0 Å². The SMILES string of the molecule is C[C@H](O)c1cc(Cl)ccc1OCc1c(F)cccc1Cl. The summed E-state index contributed by atoms with van der Waals surface area (Å²) < 4.78 is 19.2. The van der Waals surface area contributed by atoms with Gasteiger partial charge in [-0.1, -0.05) is 29.3 Å². The summed E-state index contributed by atoms with van der Waals surface area (Å²) in [5.74, 6) is 0.0220. The average molecular weight is 315 g/mol. The monoisotopic (exact) mass is 314 g/mol. The lowest BCUT2D eigenvalue weighted by atomic mass is 10.1. The van der Waals surface area contributed by atoms with Crippen molar-refractivity contribution in [2.24, 2.45) is 0 Å². The summed E-state index contributed by atoms with van der Waals surface area (Å²) in [4.78, 5) is 0. The van der Waals surface area contributed by atoms with E-state index in [-0.39, 0.29) is 12.2 Å². The highest BCUT2D eigenvalue weighted by atomic mass is 35.5. The lowest BCUT2D eigenvalue weighted by Crippen LogP contribution is -2.03. The van der Waals surface area contributed by atoms with Crippen LogP contribution in [0.4, 0.5) is 4.39 Å². The molecule has 0 aliphatic carbocycles. The molecule has 0 saturated carbocycles. The standard InChI is InChI=1S/C15H13Cl2FO2/c1-9(19)11-7-10(16)5-6-15(11)20-8-12-13(17)3-2-4-14(12)18/h2-7,9,19H,8H2,1H3/t9-/m0/s1. The highest BCUT2D eigenvalue weighted by Crippen LogP contribution is 2.30. The zero-order valence-corrected chi connectivity index (χ0v) is 12.2. The molecule has 0 aromatic heterocycles. The molecule has 0 aliphatic heterocycles. The van der Waals surface area contributed by atoms with E-state index < -0.39 is 11.9 Å². The summed E-state index contributed by atoms with van der Waals surface area (Å²) in [6.45, 7) is 1.58. The Balaban J connectivity index is 2.23. The molecule has 0 bridgehead atoms. The number of benzene rings is 2. The molecule has 106 valence electrons. The number of halogens is 3. The summed E-state index contributed by atoms with van der Waals surface area (Å²) in [6, 6.07) is 9.35. The molecule has 2 rings (SSSR count). The van der Waals surface area contributed by atoms with E-state index in [1.165, 1.54) is 12.1 Å². The van der Waals surface area contributed by atoms with E-state index >= 15 is 0 Å². The minimum absolute atomic E-state index is 0.0210. The number of aliphatic hydroxyl groups excluding tert-OH is 1. The molecule has 2 aromatic rings. The smallest absolute Gasteiger partial charge is 0.131 e. The first-order chi connectivity index (χ1) is 9.49. The molecule has 0 aliphatic rings. The van der Waals surface area contributed by atoms with E-state index in [0.29, 0.717) is 21.4 Å². The first-order valence-corrected chi connectivity index (χ1v) is 6.78. The van der Waals surface area contributed by atoms with Gasteiger partial charge in [-0.3, -0.25) is 0 Å². The fraction of sp³-hybridized carbons (Fsp3) is 0.200. The largest absolute Gasteiger partial charge is 0.488 e. The van der Waals surface area contributed by atoms with Crippen LogP contribution < -0.4 is 4.74 Å². The molecule has 0 fully saturated rings. The van der Waals surface area contributed by atoms with Crippen LogP contribution in [-0.4, -0.2) is 5.11 Å². The maximum atomic E-state index is 13.6. The first kappa shape index (κ1) is 15.1. The van der Waals surface area contributed by atoms with E-state index in [9.17, 15) is 9.50 Å². The van der Waals surface area contributed by atoms with Crippen LogP contribution in [0.2, 0.25) is 10.0 Å². The molecule has 2 nitrogen and oxygen atoms in total. The number of hydrogen-bond donors (Lipinski definition) is 1. The first-order valence-electron chi connectivity index (χ1n) is 6.02. The van der Waals surface area contributed by atoms with Gasteiger partial charge in [0.25, 0.3) is 0 Å². The van der Waals surface area contributed by atoms with Gasteiger partial charge in [0, 0.05) is 16.1 Å². The van der Waals surface area contributed by atoms with Gasteiger partial charge in [-0.25, -0.2) is 4.39 Å². The fourth-order valence-electron chi connectivity index (χ4n) is 1.80. The van der Waals surface area contributed by atoms with Crippen LogP contribution in [0.5, 0.6) is 5.75 Å². The van der Waals surface area contributed by atoms with Crippen molar-refractivity contribution in [2.45, 2.75) is 19.6 Å². The van der Waals surface area contributed by atoms with E-state index in [1.807, 2.05) is 0 Å². The van der Waals surface area contributed by atoms with Crippen LogP contribution in [0.3, 0.4) is 0 Å². The highest BCUT2D eigenvalue weighted by Gasteiger charge is 2.12. The molecular formula is C15H13Cl2FO2. The third-order valence-electron chi connectivity index (χ3n) is 2.86. The molecule has 20 heavy (non-hydrogen) atoms. The Morgan fingerprint density at radius 2 is 2.00 bits per heavy atom.